The number of hydrogen-bond donors (Lipinski definition) is 0. The maximum Gasteiger partial charge on any atom is 0.308 e. The van der Waals surface area contributed by atoms with Crippen LogP contribution >= 0.6 is 23.5 Å². The summed E-state index contributed by atoms with van der Waals surface area (Å²) in [7, 11) is 0. The van der Waals surface area contributed by atoms with Crippen LogP contribution in [0.25, 0.3) is 0 Å². The number of ketones is 1. The van der Waals surface area contributed by atoms with Gasteiger partial charge in [0.1, 0.15) is 5.75 Å². The molecule has 0 saturated heterocycles. The topological polar surface area (TPSA) is 43.4 Å². The molecule has 0 spiro atoms. The fourth-order valence-electron chi connectivity index (χ4n) is 1.88. The van der Waals surface area contributed by atoms with Gasteiger partial charge in [-0.05, 0) is 18.2 Å². The first-order chi connectivity index (χ1) is 9.13. The summed E-state index contributed by atoms with van der Waals surface area (Å²) in [6, 6.07) is 5.50. The standard InChI is InChI=1S/C14H10O3S2/c1-8(15)17-9-5-6-11-13(7-9)19-14-10(16)3-2-4-12(14)18-11/h2,4-7H,3H2,1H3. The van der Waals surface area contributed by atoms with E-state index in [-0.39, 0.29) is 11.8 Å². The highest BCUT2D eigenvalue weighted by atomic mass is 32.2. The molecule has 0 saturated carbocycles. The van der Waals surface area contributed by atoms with Crippen molar-refractivity contribution >= 4 is 35.3 Å². The number of Topliss-reactive ketones (excluding diaryl/α,β-unsaturated/α-hetero) is 1. The van der Waals surface area contributed by atoms with Crippen LogP contribution in [-0.2, 0) is 9.59 Å². The molecule has 96 valence electrons. The molecule has 1 aliphatic carbocycles. The summed E-state index contributed by atoms with van der Waals surface area (Å²) in [5.41, 5.74) is 0. The maximum absolute atomic E-state index is 11.9. The molecule has 3 rings (SSSR count). The van der Waals surface area contributed by atoms with Crippen LogP contribution in [0.1, 0.15) is 13.3 Å². The summed E-state index contributed by atoms with van der Waals surface area (Å²) >= 11 is 3.04. The van der Waals surface area contributed by atoms with Crippen molar-refractivity contribution in [2.75, 3.05) is 0 Å². The summed E-state index contributed by atoms with van der Waals surface area (Å²) < 4.78 is 5.07. The Morgan fingerprint density at radius 3 is 2.89 bits per heavy atom. The largest absolute Gasteiger partial charge is 0.427 e. The lowest BCUT2D eigenvalue weighted by molar-refractivity contribution is -0.131. The molecule has 19 heavy (non-hydrogen) atoms. The monoisotopic (exact) mass is 290 g/mol. The summed E-state index contributed by atoms with van der Waals surface area (Å²) in [4.78, 5) is 26.7. The van der Waals surface area contributed by atoms with Gasteiger partial charge in [-0.1, -0.05) is 35.7 Å². The van der Waals surface area contributed by atoms with E-state index in [1.807, 2.05) is 24.3 Å². The van der Waals surface area contributed by atoms with Crippen molar-refractivity contribution in [2.45, 2.75) is 23.1 Å². The second-order valence-corrected chi connectivity index (χ2v) is 6.27. The predicted molar refractivity (Wildman–Crippen MR) is 75.3 cm³/mol. The molecule has 0 radical (unpaired) electrons. The van der Waals surface area contributed by atoms with Gasteiger partial charge in [0.25, 0.3) is 0 Å². The molecule has 1 aromatic rings. The number of esters is 1. The first-order valence-corrected chi connectivity index (χ1v) is 7.39. The molecule has 0 unspecified atom stereocenters. The van der Waals surface area contributed by atoms with E-state index in [9.17, 15) is 9.59 Å². The van der Waals surface area contributed by atoms with Crippen molar-refractivity contribution in [3.05, 3.63) is 40.2 Å². The van der Waals surface area contributed by atoms with Crippen LogP contribution in [0.2, 0.25) is 0 Å². The second kappa shape index (κ2) is 4.90. The molecule has 1 aromatic carbocycles. The van der Waals surface area contributed by atoms with Crippen LogP contribution < -0.4 is 4.74 Å². The fourth-order valence-corrected chi connectivity index (χ4v) is 4.21. The van der Waals surface area contributed by atoms with Crippen molar-refractivity contribution in [1.82, 2.24) is 0 Å². The van der Waals surface area contributed by atoms with Crippen molar-refractivity contribution in [3.8, 4) is 5.75 Å². The number of rotatable bonds is 1. The highest BCUT2D eigenvalue weighted by Crippen LogP contribution is 2.49. The van der Waals surface area contributed by atoms with E-state index < -0.39 is 0 Å². The Kier molecular flexibility index (Phi) is 3.24. The number of fused-ring (bicyclic) bond motifs is 1. The Balaban J connectivity index is 1.95. The Morgan fingerprint density at radius 2 is 2.11 bits per heavy atom. The zero-order chi connectivity index (χ0) is 13.4. The molecule has 0 fully saturated rings. The van der Waals surface area contributed by atoms with Crippen LogP contribution in [0, 0.1) is 0 Å². The van der Waals surface area contributed by atoms with E-state index in [0.717, 1.165) is 19.6 Å². The summed E-state index contributed by atoms with van der Waals surface area (Å²) in [6.45, 7) is 1.37. The van der Waals surface area contributed by atoms with Gasteiger partial charge in [-0.2, -0.15) is 0 Å². The Morgan fingerprint density at radius 1 is 1.26 bits per heavy atom. The maximum atomic E-state index is 11.9. The number of carbonyl (C=O) groups is 2. The van der Waals surface area contributed by atoms with Gasteiger partial charge in [0.2, 0.25) is 0 Å². The highest BCUT2D eigenvalue weighted by Gasteiger charge is 2.25. The van der Waals surface area contributed by atoms with Crippen LogP contribution in [0.15, 0.2) is 50.0 Å². The smallest absolute Gasteiger partial charge is 0.308 e. The lowest BCUT2D eigenvalue weighted by Gasteiger charge is -2.21. The number of thioether (sulfide) groups is 2. The van der Waals surface area contributed by atoms with Crippen LogP contribution in [0.3, 0.4) is 0 Å². The van der Waals surface area contributed by atoms with Gasteiger partial charge in [0.05, 0.1) is 4.91 Å². The fraction of sp³-hybridized carbons (Fsp3) is 0.143. The number of hydrogen-bond acceptors (Lipinski definition) is 5. The zero-order valence-electron chi connectivity index (χ0n) is 10.1. The van der Waals surface area contributed by atoms with Gasteiger partial charge >= 0.3 is 5.97 Å². The Bertz CT molecular complexity index is 644. The van der Waals surface area contributed by atoms with E-state index >= 15 is 0 Å². The summed E-state index contributed by atoms with van der Waals surface area (Å²) in [6.07, 6.45) is 4.36. The average Bonchev–Trinajstić information content (AvgIpc) is 2.37. The predicted octanol–water partition coefficient (Wildman–Crippen LogP) is 3.55. The normalized spacial score (nSPS) is 17.0. The minimum absolute atomic E-state index is 0.151. The van der Waals surface area contributed by atoms with Gasteiger partial charge in [-0.25, -0.2) is 0 Å². The molecule has 5 heteroatoms. The second-order valence-electron chi connectivity index (χ2n) is 4.13. The number of carbonyl (C=O) groups excluding carboxylic acids is 2. The molecule has 1 heterocycles. The van der Waals surface area contributed by atoms with Gasteiger partial charge in [0, 0.05) is 28.0 Å². The van der Waals surface area contributed by atoms with Crippen LogP contribution in [0.5, 0.6) is 5.75 Å². The quantitative estimate of drug-likeness (QED) is 0.584. The van der Waals surface area contributed by atoms with Gasteiger partial charge in [0.15, 0.2) is 5.78 Å². The molecule has 0 N–H and O–H groups in total. The zero-order valence-corrected chi connectivity index (χ0v) is 11.8. The number of benzene rings is 1. The third kappa shape index (κ3) is 2.48. The Labute approximate surface area is 119 Å². The first-order valence-electron chi connectivity index (χ1n) is 5.75. The molecule has 1 aliphatic heterocycles. The van der Waals surface area contributed by atoms with Crippen LogP contribution in [-0.4, -0.2) is 11.8 Å². The van der Waals surface area contributed by atoms with Gasteiger partial charge in [-0.15, -0.1) is 0 Å². The average molecular weight is 290 g/mol. The molecule has 0 amide bonds. The molecular weight excluding hydrogens is 280 g/mol. The van der Waals surface area contributed by atoms with E-state index in [2.05, 4.69) is 0 Å². The minimum Gasteiger partial charge on any atom is -0.427 e. The third-order valence-electron chi connectivity index (χ3n) is 2.66. The minimum atomic E-state index is -0.343. The SMILES string of the molecule is CC(=O)Oc1ccc2c(c1)SC1=C(C=CCC1=O)S2. The lowest BCUT2D eigenvalue weighted by atomic mass is 10.2. The molecule has 0 aromatic heterocycles. The molecule has 0 atom stereocenters. The van der Waals surface area contributed by atoms with E-state index in [1.165, 1.54) is 18.7 Å². The van der Waals surface area contributed by atoms with Crippen LogP contribution in [0.4, 0.5) is 0 Å². The van der Waals surface area contributed by atoms with Gasteiger partial charge < -0.3 is 4.74 Å². The molecule has 2 aliphatic rings. The van der Waals surface area contributed by atoms with Crippen molar-refractivity contribution < 1.29 is 14.3 Å². The van der Waals surface area contributed by atoms with E-state index in [4.69, 9.17) is 4.74 Å². The van der Waals surface area contributed by atoms with E-state index in [0.29, 0.717) is 12.2 Å². The number of ether oxygens (including phenoxy) is 1. The Hall–Kier alpha value is -1.46. The first kappa shape index (κ1) is 12.6. The molecule has 3 nitrogen and oxygen atoms in total. The number of allylic oxidation sites excluding steroid dienone is 3. The molecular formula is C14H10O3S2. The summed E-state index contributed by atoms with van der Waals surface area (Å²) in [5.74, 6) is 0.325. The van der Waals surface area contributed by atoms with E-state index in [1.54, 1.807) is 17.8 Å². The summed E-state index contributed by atoms with van der Waals surface area (Å²) in [5, 5.41) is 0. The van der Waals surface area contributed by atoms with Crippen molar-refractivity contribution in [2.24, 2.45) is 0 Å². The highest BCUT2D eigenvalue weighted by molar-refractivity contribution is 8.10. The van der Waals surface area contributed by atoms with Crippen molar-refractivity contribution in [3.63, 3.8) is 0 Å². The van der Waals surface area contributed by atoms with Crippen molar-refractivity contribution in [1.29, 1.82) is 0 Å². The molecule has 0 bridgehead atoms. The van der Waals surface area contributed by atoms with Gasteiger partial charge in [-0.3, -0.25) is 9.59 Å². The third-order valence-corrected chi connectivity index (χ3v) is 5.26. The lowest BCUT2D eigenvalue weighted by Crippen LogP contribution is -2.07.